The molecule has 0 fully saturated rings. The van der Waals surface area contributed by atoms with E-state index in [0.717, 1.165) is 37.8 Å². The van der Waals surface area contributed by atoms with Crippen molar-refractivity contribution in [3.05, 3.63) is 49.2 Å². The topological polar surface area (TPSA) is 55.1 Å². The van der Waals surface area contributed by atoms with Gasteiger partial charge in [0.05, 0.1) is 12.7 Å². The second-order valence-corrected chi connectivity index (χ2v) is 5.11. The zero-order chi connectivity index (χ0) is 16.2. The molecule has 0 atom stereocenters. The Morgan fingerprint density at radius 2 is 2.27 bits per heavy atom. The number of hydrogen-bond acceptors (Lipinski definition) is 3. The fraction of sp³-hybridized carbons (Fsp3) is 0.312. The van der Waals surface area contributed by atoms with Gasteiger partial charge in [-0.05, 0) is 24.8 Å². The van der Waals surface area contributed by atoms with Crippen LogP contribution in [0.25, 0.3) is 0 Å². The molecule has 0 aliphatic carbocycles. The van der Waals surface area contributed by atoms with Crippen LogP contribution >= 0.6 is 11.9 Å². The third-order valence-electron chi connectivity index (χ3n) is 2.96. The van der Waals surface area contributed by atoms with Gasteiger partial charge in [0.25, 0.3) is 0 Å². The number of hydrogen-bond donors (Lipinski definition) is 1. The minimum Gasteiger partial charge on any atom is -0.362 e. The van der Waals surface area contributed by atoms with Crippen LogP contribution in [0, 0.1) is 5.41 Å². The highest BCUT2D eigenvalue weighted by Gasteiger charge is 2.05. The molecule has 0 radical (unpaired) electrons. The van der Waals surface area contributed by atoms with Gasteiger partial charge in [0, 0.05) is 25.5 Å². The Hall–Kier alpha value is -2.08. The fourth-order valence-electron chi connectivity index (χ4n) is 1.75. The van der Waals surface area contributed by atoms with E-state index in [1.165, 1.54) is 23.0 Å². The van der Waals surface area contributed by atoms with Gasteiger partial charge in [-0.1, -0.05) is 43.0 Å². The van der Waals surface area contributed by atoms with E-state index in [9.17, 15) is 0 Å². The smallest absolute Gasteiger partial charge is 0.243 e. The van der Waals surface area contributed by atoms with Gasteiger partial charge in [0.15, 0.2) is 0 Å². The highest BCUT2D eigenvalue weighted by Crippen LogP contribution is 2.06. The monoisotopic (exact) mass is 317 g/mol. The van der Waals surface area contributed by atoms with Crippen LogP contribution < -0.4 is 0 Å². The SMILES string of the molecule is C=CN(C=N)C(=N/SC)/N=C/N1CC/C=C\C=C/C(=C)CC1. The maximum Gasteiger partial charge on any atom is 0.243 e. The van der Waals surface area contributed by atoms with Crippen molar-refractivity contribution in [2.45, 2.75) is 12.8 Å². The molecule has 6 heteroatoms. The van der Waals surface area contributed by atoms with Crippen LogP contribution in [0.1, 0.15) is 12.8 Å². The Balaban J connectivity index is 2.79. The lowest BCUT2D eigenvalue weighted by Gasteiger charge is -2.20. The summed E-state index contributed by atoms with van der Waals surface area (Å²) in [6.07, 6.45) is 16.4. The highest BCUT2D eigenvalue weighted by molar-refractivity contribution is 7.97. The number of aliphatic imine (C=N–C) groups is 1. The summed E-state index contributed by atoms with van der Waals surface area (Å²) in [4.78, 5) is 8.00. The van der Waals surface area contributed by atoms with Crippen molar-refractivity contribution < 1.29 is 0 Å². The lowest BCUT2D eigenvalue weighted by atomic mass is 10.1. The molecule has 0 amide bonds. The van der Waals surface area contributed by atoms with Crippen molar-refractivity contribution in [2.24, 2.45) is 9.39 Å². The molecule has 118 valence electrons. The zero-order valence-electron chi connectivity index (χ0n) is 13.0. The average Bonchev–Trinajstić information content (AvgIpc) is 2.53. The van der Waals surface area contributed by atoms with Gasteiger partial charge in [-0.2, -0.15) is 4.40 Å². The van der Waals surface area contributed by atoms with Crippen LogP contribution in [-0.4, -0.2) is 47.8 Å². The van der Waals surface area contributed by atoms with E-state index < -0.39 is 0 Å². The maximum absolute atomic E-state index is 7.36. The van der Waals surface area contributed by atoms with Crippen LogP contribution in [0.2, 0.25) is 0 Å². The molecule has 5 nitrogen and oxygen atoms in total. The molecule has 0 saturated carbocycles. The van der Waals surface area contributed by atoms with Crippen LogP contribution in [0.4, 0.5) is 0 Å². The van der Waals surface area contributed by atoms with Gasteiger partial charge in [-0.15, -0.1) is 0 Å². The number of allylic oxidation sites excluding steroid dienone is 3. The largest absolute Gasteiger partial charge is 0.362 e. The van der Waals surface area contributed by atoms with Gasteiger partial charge < -0.3 is 4.90 Å². The third-order valence-corrected chi connectivity index (χ3v) is 3.30. The van der Waals surface area contributed by atoms with Crippen molar-refractivity contribution >= 4 is 30.6 Å². The molecular formula is C16H23N5S. The lowest BCUT2D eigenvalue weighted by Crippen LogP contribution is -2.27. The molecule has 0 spiro atoms. The first kappa shape index (κ1) is 18.0. The summed E-state index contributed by atoms with van der Waals surface area (Å²) in [5.74, 6) is 0.434. The van der Waals surface area contributed by atoms with Gasteiger partial charge in [-0.25, -0.2) is 4.99 Å². The van der Waals surface area contributed by atoms with Gasteiger partial charge in [0.1, 0.15) is 0 Å². The zero-order valence-corrected chi connectivity index (χ0v) is 13.8. The van der Waals surface area contributed by atoms with Crippen LogP contribution in [0.5, 0.6) is 0 Å². The molecule has 1 heterocycles. The van der Waals surface area contributed by atoms with Crippen molar-refractivity contribution in [1.82, 2.24) is 9.80 Å². The Morgan fingerprint density at radius 1 is 1.45 bits per heavy atom. The molecule has 1 aliphatic heterocycles. The Bertz CT molecular complexity index is 497. The van der Waals surface area contributed by atoms with Gasteiger partial charge >= 0.3 is 0 Å². The average molecular weight is 317 g/mol. The Kier molecular flexibility index (Phi) is 8.67. The number of guanidine groups is 1. The van der Waals surface area contributed by atoms with Crippen LogP contribution in [-0.2, 0) is 0 Å². The first-order valence-electron chi connectivity index (χ1n) is 7.03. The van der Waals surface area contributed by atoms with Gasteiger partial charge in [0.2, 0.25) is 5.96 Å². The third kappa shape index (κ3) is 6.58. The molecule has 0 aromatic carbocycles. The van der Waals surface area contributed by atoms with Crippen molar-refractivity contribution in [3.63, 3.8) is 0 Å². The minimum absolute atomic E-state index is 0.434. The minimum atomic E-state index is 0.434. The summed E-state index contributed by atoms with van der Waals surface area (Å²) in [5, 5.41) is 7.36. The quantitative estimate of drug-likeness (QED) is 0.491. The molecule has 0 aromatic rings. The van der Waals surface area contributed by atoms with E-state index in [0.29, 0.717) is 5.96 Å². The molecule has 22 heavy (non-hydrogen) atoms. The first-order valence-corrected chi connectivity index (χ1v) is 8.21. The van der Waals surface area contributed by atoms with Crippen molar-refractivity contribution in [1.29, 1.82) is 5.41 Å². The molecule has 0 aromatic heterocycles. The van der Waals surface area contributed by atoms with E-state index in [1.54, 1.807) is 6.34 Å². The summed E-state index contributed by atoms with van der Waals surface area (Å²) >= 11 is 1.30. The molecule has 1 N–H and O–H groups in total. The molecule has 1 rings (SSSR count). The summed E-state index contributed by atoms with van der Waals surface area (Å²) in [5.41, 5.74) is 1.09. The number of nitrogens with zero attached hydrogens (tertiary/aromatic N) is 4. The fourth-order valence-corrected chi connectivity index (χ4v) is 2.05. The summed E-state index contributed by atoms with van der Waals surface area (Å²) < 4.78 is 4.21. The maximum atomic E-state index is 7.36. The Labute approximate surface area is 137 Å². The normalized spacial score (nSPS) is 19.8. The standard InChI is InChI=1S/C16H23N5S/c1-4-21(13-17)16(19-22-3)18-14-20-11-8-6-5-7-9-15(2)10-12-20/h4-7,9,13-14,17H,1-2,8,10-12H2,3H3/b6-5-,9-7-,17-13?,18-14+,19-16+. The molecule has 0 unspecified atom stereocenters. The van der Waals surface area contributed by atoms with E-state index in [-0.39, 0.29) is 0 Å². The van der Waals surface area contributed by atoms with Gasteiger partial charge in [-0.3, -0.25) is 10.3 Å². The number of nitrogens with one attached hydrogen (secondary N) is 1. The first-order chi connectivity index (χ1) is 10.7. The molecule has 0 bridgehead atoms. The van der Waals surface area contributed by atoms with E-state index in [1.807, 2.05) is 24.5 Å². The highest BCUT2D eigenvalue weighted by atomic mass is 32.2. The molecule has 0 saturated heterocycles. The van der Waals surface area contributed by atoms with E-state index in [4.69, 9.17) is 5.41 Å². The van der Waals surface area contributed by atoms with Crippen LogP contribution in [0.15, 0.2) is 58.6 Å². The van der Waals surface area contributed by atoms with E-state index in [2.05, 4.69) is 33.5 Å². The predicted molar refractivity (Wildman–Crippen MR) is 98.5 cm³/mol. The summed E-state index contributed by atoms with van der Waals surface area (Å²) in [7, 11) is 0. The van der Waals surface area contributed by atoms with Crippen LogP contribution in [0.3, 0.4) is 0 Å². The second-order valence-electron chi connectivity index (χ2n) is 4.56. The molecular weight excluding hydrogens is 294 g/mol. The second kappa shape index (κ2) is 10.6. The predicted octanol–water partition coefficient (Wildman–Crippen LogP) is 3.47. The Morgan fingerprint density at radius 3 is 2.95 bits per heavy atom. The number of rotatable bonds is 4. The van der Waals surface area contributed by atoms with E-state index >= 15 is 0 Å². The van der Waals surface area contributed by atoms with Crippen molar-refractivity contribution in [3.8, 4) is 0 Å². The summed E-state index contributed by atoms with van der Waals surface area (Å²) in [6, 6.07) is 0. The molecule has 1 aliphatic rings. The summed E-state index contributed by atoms with van der Waals surface area (Å²) in [6.45, 7) is 9.42. The van der Waals surface area contributed by atoms with Crippen molar-refractivity contribution in [2.75, 3.05) is 19.3 Å². The lowest BCUT2D eigenvalue weighted by molar-refractivity contribution is 0.442.